The molecule has 0 radical (unpaired) electrons. The van der Waals surface area contributed by atoms with Crippen LogP contribution >= 0.6 is 35.6 Å². The molecule has 4 nitrogen and oxygen atoms in total. The molecule has 1 saturated heterocycles. The molecular formula is C23H23Cl3F3N3O. The second-order valence-corrected chi connectivity index (χ2v) is 8.88. The van der Waals surface area contributed by atoms with E-state index in [0.29, 0.717) is 32.1 Å². The highest BCUT2D eigenvalue weighted by molar-refractivity contribution is 6.40. The van der Waals surface area contributed by atoms with Crippen LogP contribution in [0.3, 0.4) is 0 Å². The van der Waals surface area contributed by atoms with Gasteiger partial charge in [0.25, 0.3) is 0 Å². The maximum absolute atomic E-state index is 13.4. The van der Waals surface area contributed by atoms with Crippen LogP contribution in [0.25, 0.3) is 21.5 Å². The molecule has 0 aromatic heterocycles. The Morgan fingerprint density at radius 2 is 1.76 bits per heavy atom. The quantitative estimate of drug-likeness (QED) is 0.223. The van der Waals surface area contributed by atoms with E-state index in [-0.39, 0.29) is 29.7 Å². The van der Waals surface area contributed by atoms with Gasteiger partial charge in [0.1, 0.15) is 5.84 Å². The van der Waals surface area contributed by atoms with Crippen LogP contribution in [0.5, 0.6) is 0 Å². The van der Waals surface area contributed by atoms with Crippen molar-refractivity contribution in [1.82, 2.24) is 5.01 Å². The number of hydrogen-bond acceptors (Lipinski definition) is 3. The lowest BCUT2D eigenvalue weighted by molar-refractivity contribution is -0.137. The second-order valence-electron chi connectivity index (χ2n) is 8.04. The fraction of sp³-hybridized carbons (Fsp3) is 0.348. The van der Waals surface area contributed by atoms with Gasteiger partial charge in [0, 0.05) is 29.9 Å². The van der Waals surface area contributed by atoms with E-state index in [2.05, 4.69) is 5.10 Å². The Kier molecular flexibility index (Phi) is 7.89. The zero-order chi connectivity index (χ0) is 23.0. The van der Waals surface area contributed by atoms with E-state index in [1.165, 1.54) is 12.1 Å². The lowest BCUT2D eigenvalue weighted by Gasteiger charge is -2.24. The standard InChI is InChI=1S/C23H22Cl2F3N3O.ClH/c24-15-8-13-9-17(20(32)12-21(29)30-31-6-2-1-3-7-31)16-5-4-14(23(26,27)28)10-18(16)22(13)19(25)11-15;/h4-5,8-11,20,32H,1-3,6-7,12H2,(H2,29,30);1H. The van der Waals surface area contributed by atoms with Crippen molar-refractivity contribution < 1.29 is 18.3 Å². The molecule has 0 bridgehead atoms. The number of rotatable bonds is 4. The molecule has 1 aliphatic rings. The van der Waals surface area contributed by atoms with Crippen LogP contribution in [-0.2, 0) is 6.18 Å². The van der Waals surface area contributed by atoms with E-state index < -0.39 is 17.8 Å². The van der Waals surface area contributed by atoms with Crippen LogP contribution in [-0.4, -0.2) is 29.0 Å². The first kappa shape index (κ1) is 25.7. The number of aliphatic hydroxyl groups is 1. The number of fused-ring (bicyclic) bond motifs is 3. The molecule has 0 aliphatic carbocycles. The highest BCUT2D eigenvalue weighted by Gasteiger charge is 2.31. The minimum absolute atomic E-state index is 0. The van der Waals surface area contributed by atoms with Crippen LogP contribution in [0.1, 0.15) is 42.9 Å². The van der Waals surface area contributed by atoms with Gasteiger partial charge in [-0.1, -0.05) is 29.3 Å². The van der Waals surface area contributed by atoms with E-state index >= 15 is 0 Å². The van der Waals surface area contributed by atoms with Gasteiger partial charge in [-0.25, -0.2) is 0 Å². The Hall–Kier alpha value is -1.93. The van der Waals surface area contributed by atoms with Gasteiger partial charge in [-0.2, -0.15) is 18.3 Å². The van der Waals surface area contributed by atoms with Crippen molar-refractivity contribution in [1.29, 1.82) is 0 Å². The smallest absolute Gasteiger partial charge is 0.388 e. The first-order chi connectivity index (χ1) is 15.1. The monoisotopic (exact) mass is 519 g/mol. The third kappa shape index (κ3) is 5.60. The number of halogens is 6. The summed E-state index contributed by atoms with van der Waals surface area (Å²) in [5, 5.41) is 19.6. The first-order valence-corrected chi connectivity index (χ1v) is 11.1. The van der Waals surface area contributed by atoms with Gasteiger partial charge in [-0.3, -0.25) is 5.01 Å². The van der Waals surface area contributed by atoms with Crippen LogP contribution in [0.2, 0.25) is 10.0 Å². The van der Waals surface area contributed by atoms with Crippen molar-refractivity contribution >= 4 is 63.0 Å². The number of nitrogens with zero attached hydrogens (tertiary/aromatic N) is 2. The molecule has 178 valence electrons. The number of alkyl halides is 3. The minimum Gasteiger partial charge on any atom is -0.388 e. The number of hydrogen-bond donors (Lipinski definition) is 2. The Bertz CT molecular complexity index is 1190. The normalized spacial score (nSPS) is 16.2. The number of benzene rings is 3. The maximum Gasteiger partial charge on any atom is 0.416 e. The van der Waals surface area contributed by atoms with E-state index in [1.807, 2.05) is 5.01 Å². The summed E-state index contributed by atoms with van der Waals surface area (Å²) < 4.78 is 40.2. The zero-order valence-corrected chi connectivity index (χ0v) is 19.8. The van der Waals surface area contributed by atoms with Gasteiger partial charge >= 0.3 is 6.18 Å². The van der Waals surface area contributed by atoms with Crippen LogP contribution in [0.4, 0.5) is 13.2 Å². The summed E-state index contributed by atoms with van der Waals surface area (Å²) in [6, 6.07) is 8.22. The number of hydrazone groups is 1. The Labute approximate surface area is 205 Å². The topological polar surface area (TPSA) is 61.9 Å². The van der Waals surface area contributed by atoms with E-state index in [1.54, 1.807) is 12.1 Å². The summed E-state index contributed by atoms with van der Waals surface area (Å²) in [6.07, 6.45) is -2.30. The molecule has 3 aromatic rings. The van der Waals surface area contributed by atoms with Gasteiger partial charge in [0.2, 0.25) is 0 Å². The number of piperidine rings is 1. The van der Waals surface area contributed by atoms with Gasteiger partial charge in [0.15, 0.2) is 0 Å². The van der Waals surface area contributed by atoms with Gasteiger partial charge in [0.05, 0.1) is 16.7 Å². The Balaban J connectivity index is 0.00000306. The largest absolute Gasteiger partial charge is 0.416 e. The van der Waals surface area contributed by atoms with Crippen molar-refractivity contribution in [2.24, 2.45) is 10.8 Å². The lowest BCUT2D eigenvalue weighted by atomic mass is 9.92. The predicted molar refractivity (Wildman–Crippen MR) is 130 cm³/mol. The van der Waals surface area contributed by atoms with Crippen molar-refractivity contribution in [3.8, 4) is 0 Å². The van der Waals surface area contributed by atoms with Gasteiger partial charge < -0.3 is 10.8 Å². The highest BCUT2D eigenvalue weighted by atomic mass is 35.5. The summed E-state index contributed by atoms with van der Waals surface area (Å²) in [4.78, 5) is 0. The van der Waals surface area contributed by atoms with Crippen molar-refractivity contribution in [3.63, 3.8) is 0 Å². The average Bonchev–Trinajstić information content (AvgIpc) is 2.72. The third-order valence-electron chi connectivity index (χ3n) is 5.69. The van der Waals surface area contributed by atoms with Crippen LogP contribution < -0.4 is 5.73 Å². The Morgan fingerprint density at radius 1 is 1.06 bits per heavy atom. The summed E-state index contributed by atoms with van der Waals surface area (Å²) in [5.74, 6) is 0.267. The van der Waals surface area contributed by atoms with Crippen molar-refractivity contribution in [2.75, 3.05) is 13.1 Å². The molecule has 0 amide bonds. The summed E-state index contributed by atoms with van der Waals surface area (Å²) in [5.41, 5.74) is 5.73. The SMILES string of the molecule is Cl.N/C(CC(O)c1cc2cc(Cl)cc(Cl)c2c2cc(C(F)(F)F)ccc12)=N\N1CCCCC1. The highest BCUT2D eigenvalue weighted by Crippen LogP contribution is 2.41. The second kappa shape index (κ2) is 10.1. The number of amidine groups is 1. The molecule has 3 N–H and O–H groups in total. The number of nitrogens with two attached hydrogens (primary N) is 1. The zero-order valence-electron chi connectivity index (χ0n) is 17.5. The van der Waals surface area contributed by atoms with Crippen molar-refractivity contribution in [3.05, 3.63) is 57.6 Å². The Morgan fingerprint density at radius 3 is 2.42 bits per heavy atom. The fourth-order valence-electron chi connectivity index (χ4n) is 4.20. The molecule has 4 rings (SSSR count). The molecule has 0 spiro atoms. The molecule has 10 heteroatoms. The predicted octanol–water partition coefficient (Wildman–Crippen LogP) is 6.92. The van der Waals surface area contributed by atoms with Crippen molar-refractivity contribution in [2.45, 2.75) is 38.0 Å². The van der Waals surface area contributed by atoms with E-state index in [9.17, 15) is 18.3 Å². The summed E-state index contributed by atoms with van der Waals surface area (Å²) in [7, 11) is 0. The number of aliphatic hydroxyl groups excluding tert-OH is 1. The fourth-order valence-corrected chi connectivity index (χ4v) is 4.81. The van der Waals surface area contributed by atoms with Gasteiger partial charge in [-0.15, -0.1) is 12.4 Å². The third-order valence-corrected chi connectivity index (χ3v) is 6.20. The molecular weight excluding hydrogens is 498 g/mol. The molecule has 1 aliphatic heterocycles. The molecule has 1 fully saturated rings. The van der Waals surface area contributed by atoms with E-state index in [4.69, 9.17) is 28.9 Å². The summed E-state index contributed by atoms with van der Waals surface area (Å²) >= 11 is 12.5. The molecule has 3 aromatic carbocycles. The minimum atomic E-state index is -4.51. The van der Waals surface area contributed by atoms with Crippen LogP contribution in [0, 0.1) is 0 Å². The molecule has 33 heavy (non-hydrogen) atoms. The molecule has 1 unspecified atom stereocenters. The van der Waals surface area contributed by atoms with Gasteiger partial charge in [-0.05, 0) is 71.3 Å². The average molecular weight is 521 g/mol. The molecule has 1 atom stereocenters. The first-order valence-electron chi connectivity index (χ1n) is 10.3. The summed E-state index contributed by atoms with van der Waals surface area (Å²) in [6.45, 7) is 1.62. The van der Waals surface area contributed by atoms with E-state index in [0.717, 1.165) is 44.5 Å². The maximum atomic E-state index is 13.4. The lowest BCUT2D eigenvalue weighted by Crippen LogP contribution is -2.29. The van der Waals surface area contributed by atoms with Crippen LogP contribution in [0.15, 0.2) is 41.5 Å². The molecule has 1 heterocycles. The molecule has 0 saturated carbocycles.